The van der Waals surface area contributed by atoms with Gasteiger partial charge in [-0.2, -0.15) is 5.10 Å². The molecule has 0 fully saturated rings. The van der Waals surface area contributed by atoms with Gasteiger partial charge < -0.3 is 18.9 Å². The van der Waals surface area contributed by atoms with Crippen molar-refractivity contribution in [2.75, 3.05) is 27.4 Å². The Bertz CT molecular complexity index is 1050. The molecular formula is C27H39N3O5. The molecule has 0 aliphatic rings. The average molecular weight is 486 g/mol. The molecule has 1 unspecified atom stereocenters. The van der Waals surface area contributed by atoms with Crippen LogP contribution >= 0.6 is 0 Å². The van der Waals surface area contributed by atoms with Crippen LogP contribution in [0.4, 0.5) is 4.79 Å². The van der Waals surface area contributed by atoms with Crippen LogP contribution in [0.5, 0.6) is 0 Å². The van der Waals surface area contributed by atoms with Gasteiger partial charge in [0.25, 0.3) is 0 Å². The third kappa shape index (κ3) is 7.42. The van der Waals surface area contributed by atoms with Crippen molar-refractivity contribution in [1.82, 2.24) is 9.78 Å². The van der Waals surface area contributed by atoms with E-state index in [1.165, 1.54) is 12.7 Å². The van der Waals surface area contributed by atoms with Gasteiger partial charge in [0.1, 0.15) is 12.3 Å². The first-order valence-electron chi connectivity index (χ1n) is 11.8. The Morgan fingerprint density at radius 2 is 1.80 bits per heavy atom. The molecular weight excluding hydrogens is 446 g/mol. The fraction of sp³-hybridized carbons (Fsp3) is 0.519. The van der Waals surface area contributed by atoms with Crippen LogP contribution in [0.2, 0.25) is 0 Å². The minimum atomic E-state index is -0.922. The minimum absolute atomic E-state index is 0.0284. The smallest absolute Gasteiger partial charge is 0.452 e. The van der Waals surface area contributed by atoms with Crippen molar-refractivity contribution in [3.63, 3.8) is 0 Å². The van der Waals surface area contributed by atoms with E-state index in [2.05, 4.69) is 55.1 Å². The lowest BCUT2D eigenvalue weighted by Gasteiger charge is -2.22. The number of hydrogen-bond donors (Lipinski definition) is 0. The fourth-order valence-electron chi connectivity index (χ4n) is 3.55. The average Bonchev–Trinajstić information content (AvgIpc) is 3.09. The zero-order valence-electron chi connectivity index (χ0n) is 22.5. The van der Waals surface area contributed by atoms with E-state index in [4.69, 9.17) is 18.9 Å². The zero-order valence-corrected chi connectivity index (χ0v) is 22.5. The second-order valence-corrected chi connectivity index (χ2v) is 9.23. The lowest BCUT2D eigenvalue weighted by Crippen LogP contribution is -2.21. The fourth-order valence-corrected chi connectivity index (χ4v) is 3.55. The number of allylic oxidation sites excluding steroid dienone is 1. The molecule has 1 aromatic carbocycles. The molecule has 1 aromatic heterocycles. The number of carbonyl (C=O) groups excluding carboxylic acids is 1. The normalized spacial score (nSPS) is 13.5. The predicted octanol–water partition coefficient (Wildman–Crippen LogP) is 5.55. The third-order valence-corrected chi connectivity index (χ3v) is 5.56. The van der Waals surface area contributed by atoms with E-state index >= 15 is 0 Å². The molecule has 0 aliphatic carbocycles. The van der Waals surface area contributed by atoms with E-state index < -0.39 is 12.4 Å². The maximum Gasteiger partial charge on any atom is 0.511 e. The minimum Gasteiger partial charge on any atom is -0.452 e. The van der Waals surface area contributed by atoms with Crippen molar-refractivity contribution in [3.05, 3.63) is 52.3 Å². The lowest BCUT2D eigenvalue weighted by atomic mass is 9.86. The molecule has 192 valence electrons. The van der Waals surface area contributed by atoms with Gasteiger partial charge in [0, 0.05) is 45.0 Å². The molecule has 2 rings (SSSR count). The van der Waals surface area contributed by atoms with Crippen molar-refractivity contribution in [1.29, 1.82) is 0 Å². The summed E-state index contributed by atoms with van der Waals surface area (Å²) in [5, 5.41) is 4.66. The molecule has 0 saturated heterocycles. The molecule has 8 heteroatoms. The summed E-state index contributed by atoms with van der Waals surface area (Å²) in [4.78, 5) is 16.4. The van der Waals surface area contributed by atoms with Crippen molar-refractivity contribution >= 4 is 23.7 Å². The molecule has 0 bridgehead atoms. The van der Waals surface area contributed by atoms with Crippen molar-refractivity contribution in [3.8, 4) is 0 Å². The zero-order chi connectivity index (χ0) is 26.2. The summed E-state index contributed by atoms with van der Waals surface area (Å²) >= 11 is 0. The number of aliphatic imine (C=N–C) groups is 1. The molecule has 35 heavy (non-hydrogen) atoms. The Labute approximate surface area is 208 Å². The van der Waals surface area contributed by atoms with E-state index in [9.17, 15) is 4.79 Å². The van der Waals surface area contributed by atoms with E-state index in [0.717, 1.165) is 28.1 Å². The molecule has 8 nitrogen and oxygen atoms in total. The Kier molecular flexibility index (Phi) is 10.1. The molecule has 0 saturated carbocycles. The van der Waals surface area contributed by atoms with Crippen LogP contribution < -0.4 is 0 Å². The molecule has 0 N–H and O–H groups in total. The van der Waals surface area contributed by atoms with Crippen LogP contribution in [0, 0.1) is 13.8 Å². The maximum atomic E-state index is 12.1. The number of rotatable bonds is 10. The van der Waals surface area contributed by atoms with Gasteiger partial charge in [0.2, 0.25) is 6.29 Å². The van der Waals surface area contributed by atoms with Crippen molar-refractivity contribution < 1.29 is 23.7 Å². The molecule has 0 aliphatic heterocycles. The number of ether oxygens (including phenoxy) is 4. The highest BCUT2D eigenvalue weighted by atomic mass is 16.8. The first-order valence-corrected chi connectivity index (χ1v) is 11.8. The maximum absolute atomic E-state index is 12.1. The first kappa shape index (κ1) is 28.1. The summed E-state index contributed by atoms with van der Waals surface area (Å²) in [5.74, 6) is 0.524. The summed E-state index contributed by atoms with van der Waals surface area (Å²) in [5.41, 5.74) is 5.61. The van der Waals surface area contributed by atoms with E-state index in [1.807, 2.05) is 25.5 Å². The van der Waals surface area contributed by atoms with Crippen LogP contribution in [0.1, 0.15) is 62.7 Å². The lowest BCUT2D eigenvalue weighted by molar-refractivity contribution is -0.0700. The molecule has 2 aromatic rings. The summed E-state index contributed by atoms with van der Waals surface area (Å²) in [7, 11) is 3.24. The van der Waals surface area contributed by atoms with Crippen LogP contribution in [0.15, 0.2) is 29.3 Å². The van der Waals surface area contributed by atoms with Gasteiger partial charge in [0.15, 0.2) is 5.76 Å². The van der Waals surface area contributed by atoms with Gasteiger partial charge in [-0.25, -0.2) is 4.79 Å². The molecule has 0 radical (unpaired) electrons. The van der Waals surface area contributed by atoms with E-state index in [-0.39, 0.29) is 18.6 Å². The number of methoxy groups -OCH3 is 1. The number of nitrogens with zero attached hydrogens (tertiary/aromatic N) is 3. The van der Waals surface area contributed by atoms with Crippen LogP contribution in [-0.4, -0.2) is 55.8 Å². The molecule has 0 amide bonds. The van der Waals surface area contributed by atoms with Crippen LogP contribution in [0.3, 0.4) is 0 Å². The summed E-state index contributed by atoms with van der Waals surface area (Å²) in [6, 6.07) is 8.33. The molecule has 0 spiro atoms. The number of carbonyl (C=O) groups is 1. The second-order valence-electron chi connectivity index (χ2n) is 9.23. The first-order chi connectivity index (χ1) is 16.5. The standard InChI is InChI=1S/C27H39N3O5/c1-10-30-24(18(2)19(3)29-30)25(34-20(4)35-26(31)33-16-15-32-9)23(17-28-8)21-11-13-22(14-12-21)27(5,6)7/h11-14,17,20H,10,15-16H2,1-9H3/b25-23-,28-17?. The SMILES string of the molecule is CCn1nc(C)c(C)c1/C(OC(C)OC(=O)OCCOC)=C(\C=NC)c1ccc(C(C)(C)C)cc1. The van der Waals surface area contributed by atoms with Crippen LogP contribution in [0.25, 0.3) is 11.3 Å². The number of hydrogen-bond acceptors (Lipinski definition) is 7. The van der Waals surface area contributed by atoms with Gasteiger partial charge in [-0.15, -0.1) is 0 Å². The third-order valence-electron chi connectivity index (χ3n) is 5.56. The van der Waals surface area contributed by atoms with Crippen molar-refractivity contribution in [2.45, 2.75) is 66.7 Å². The second kappa shape index (κ2) is 12.5. The van der Waals surface area contributed by atoms with Crippen molar-refractivity contribution in [2.24, 2.45) is 4.99 Å². The van der Waals surface area contributed by atoms with Crippen LogP contribution in [-0.2, 0) is 30.9 Å². The van der Waals surface area contributed by atoms with Gasteiger partial charge >= 0.3 is 6.16 Å². The van der Waals surface area contributed by atoms with Gasteiger partial charge in [-0.3, -0.25) is 9.67 Å². The number of aromatic nitrogens is 2. The highest BCUT2D eigenvalue weighted by Crippen LogP contribution is 2.32. The topological polar surface area (TPSA) is 84.2 Å². The Balaban J connectivity index is 2.59. The van der Waals surface area contributed by atoms with Gasteiger partial charge in [-0.1, -0.05) is 45.0 Å². The molecule has 1 atom stereocenters. The quantitative estimate of drug-likeness (QED) is 0.144. The molecule has 1 heterocycles. The number of aryl methyl sites for hydroxylation is 2. The summed E-state index contributed by atoms with van der Waals surface area (Å²) in [6.07, 6.45) is 0.00687. The summed E-state index contributed by atoms with van der Waals surface area (Å²) in [6.45, 7) is 15.2. The van der Waals surface area contributed by atoms with E-state index in [0.29, 0.717) is 12.3 Å². The monoisotopic (exact) mass is 485 g/mol. The highest BCUT2D eigenvalue weighted by molar-refractivity contribution is 6.18. The van der Waals surface area contributed by atoms with E-state index in [1.54, 1.807) is 20.2 Å². The predicted molar refractivity (Wildman–Crippen MR) is 139 cm³/mol. The Morgan fingerprint density at radius 3 is 2.34 bits per heavy atom. The largest absolute Gasteiger partial charge is 0.511 e. The Hall–Kier alpha value is -3.13. The number of benzene rings is 1. The Morgan fingerprint density at radius 1 is 1.14 bits per heavy atom. The van der Waals surface area contributed by atoms with Gasteiger partial charge in [-0.05, 0) is 37.3 Å². The van der Waals surface area contributed by atoms with Gasteiger partial charge in [0.05, 0.1) is 12.3 Å². The summed E-state index contributed by atoms with van der Waals surface area (Å²) < 4.78 is 23.5. The highest BCUT2D eigenvalue weighted by Gasteiger charge is 2.24.